The van der Waals surface area contributed by atoms with E-state index in [1.165, 1.54) is 0 Å². The monoisotopic (exact) mass is 346 g/mol. The Labute approximate surface area is 135 Å². The number of hydrogen-bond donors (Lipinski definition) is 2. The summed E-state index contributed by atoms with van der Waals surface area (Å²) >= 11 is 0. The van der Waals surface area contributed by atoms with E-state index in [2.05, 4.69) is 5.32 Å². The summed E-state index contributed by atoms with van der Waals surface area (Å²) in [7, 11) is 0. The number of rotatable bonds is 6. The number of alkyl halides is 3. The highest BCUT2D eigenvalue weighted by molar-refractivity contribution is 6.12. The van der Waals surface area contributed by atoms with Crippen LogP contribution in [0.3, 0.4) is 0 Å². The number of ether oxygens (including phenoxy) is 1. The van der Waals surface area contributed by atoms with E-state index in [-0.39, 0.29) is 12.6 Å². The lowest BCUT2D eigenvalue weighted by Crippen LogP contribution is -2.51. The molecule has 2 rings (SSSR count). The van der Waals surface area contributed by atoms with E-state index < -0.39 is 40.7 Å². The summed E-state index contributed by atoms with van der Waals surface area (Å²) in [4.78, 5) is 37.6. The van der Waals surface area contributed by atoms with Gasteiger partial charge in [0, 0.05) is 17.8 Å². The van der Waals surface area contributed by atoms with E-state index in [4.69, 9.17) is 4.74 Å². The second kappa shape index (κ2) is 7.16. The Morgan fingerprint density at radius 2 is 2.08 bits per heavy atom. The SMILES string of the molecule is CCOC(=O)C(NC1CCC1)C(=O)c1c[nH]c(=O)c(C(F)(F)F)c1. The van der Waals surface area contributed by atoms with Crippen molar-refractivity contribution >= 4 is 11.8 Å². The third-order valence-corrected chi connectivity index (χ3v) is 3.79. The van der Waals surface area contributed by atoms with Crippen LogP contribution in [-0.4, -0.2) is 35.4 Å². The van der Waals surface area contributed by atoms with Crippen molar-refractivity contribution in [3.8, 4) is 0 Å². The number of H-pyrrole nitrogens is 1. The van der Waals surface area contributed by atoms with Crippen molar-refractivity contribution < 1.29 is 27.5 Å². The molecule has 1 aromatic rings. The lowest BCUT2D eigenvalue weighted by Gasteiger charge is -2.30. The average molecular weight is 346 g/mol. The third-order valence-electron chi connectivity index (χ3n) is 3.79. The van der Waals surface area contributed by atoms with Gasteiger partial charge in [-0.05, 0) is 25.8 Å². The molecular formula is C15H17F3N2O4. The predicted octanol–water partition coefficient (Wildman–Crippen LogP) is 1.65. The first kappa shape index (κ1) is 18.2. The second-order valence-electron chi connectivity index (χ2n) is 5.47. The minimum atomic E-state index is -4.90. The molecule has 2 N–H and O–H groups in total. The van der Waals surface area contributed by atoms with Crippen molar-refractivity contribution in [1.82, 2.24) is 10.3 Å². The molecule has 24 heavy (non-hydrogen) atoms. The lowest BCUT2D eigenvalue weighted by molar-refractivity contribution is -0.144. The maximum atomic E-state index is 12.8. The number of pyridine rings is 1. The molecule has 0 aromatic carbocycles. The van der Waals surface area contributed by atoms with Crippen LogP contribution in [0, 0.1) is 0 Å². The highest BCUT2D eigenvalue weighted by Crippen LogP contribution is 2.27. The summed E-state index contributed by atoms with van der Waals surface area (Å²) in [5.41, 5.74) is -3.25. The van der Waals surface area contributed by atoms with Gasteiger partial charge in [-0.2, -0.15) is 13.2 Å². The van der Waals surface area contributed by atoms with Crippen LogP contribution in [0.2, 0.25) is 0 Å². The summed E-state index contributed by atoms with van der Waals surface area (Å²) in [5, 5.41) is 2.81. The number of esters is 1. The van der Waals surface area contributed by atoms with Gasteiger partial charge in [-0.15, -0.1) is 0 Å². The quantitative estimate of drug-likeness (QED) is 0.465. The van der Waals surface area contributed by atoms with Crippen LogP contribution in [0.4, 0.5) is 13.2 Å². The number of carbonyl (C=O) groups is 2. The molecular weight excluding hydrogens is 329 g/mol. The molecule has 0 radical (unpaired) electrons. The van der Waals surface area contributed by atoms with E-state index >= 15 is 0 Å². The number of hydrogen-bond acceptors (Lipinski definition) is 5. The van der Waals surface area contributed by atoms with Crippen LogP contribution in [0.15, 0.2) is 17.1 Å². The van der Waals surface area contributed by atoms with Crippen LogP contribution in [0.5, 0.6) is 0 Å². The molecule has 0 amide bonds. The van der Waals surface area contributed by atoms with Crippen molar-refractivity contribution in [2.45, 2.75) is 44.4 Å². The molecule has 6 nitrogen and oxygen atoms in total. The highest BCUT2D eigenvalue weighted by Gasteiger charge is 2.37. The molecule has 1 aliphatic rings. The number of Topliss-reactive ketones (excluding diaryl/α,β-unsaturated/α-hetero) is 1. The van der Waals surface area contributed by atoms with Gasteiger partial charge in [0.15, 0.2) is 11.8 Å². The first-order valence-corrected chi connectivity index (χ1v) is 7.51. The molecule has 0 aliphatic heterocycles. The van der Waals surface area contributed by atoms with Crippen molar-refractivity contribution in [1.29, 1.82) is 0 Å². The van der Waals surface area contributed by atoms with Crippen molar-refractivity contribution in [3.63, 3.8) is 0 Å². The fourth-order valence-electron chi connectivity index (χ4n) is 2.29. The maximum Gasteiger partial charge on any atom is 0.421 e. The molecule has 1 fully saturated rings. The van der Waals surface area contributed by atoms with E-state index in [0.717, 1.165) is 25.5 Å². The van der Waals surface area contributed by atoms with Crippen LogP contribution in [-0.2, 0) is 15.7 Å². The summed E-state index contributed by atoms with van der Waals surface area (Å²) in [6, 6.07) is -1.01. The van der Waals surface area contributed by atoms with E-state index in [9.17, 15) is 27.6 Å². The molecule has 9 heteroatoms. The molecule has 1 atom stereocenters. The number of aromatic nitrogens is 1. The molecule has 1 heterocycles. The Bertz CT molecular complexity index is 680. The Hall–Kier alpha value is -2.16. The normalized spacial score (nSPS) is 16.3. The fraction of sp³-hybridized carbons (Fsp3) is 0.533. The first-order chi connectivity index (χ1) is 11.2. The fourth-order valence-corrected chi connectivity index (χ4v) is 2.29. The summed E-state index contributed by atoms with van der Waals surface area (Å²) in [5.74, 6) is -1.73. The summed E-state index contributed by atoms with van der Waals surface area (Å²) < 4.78 is 43.2. The number of carbonyl (C=O) groups excluding carboxylic acids is 2. The minimum absolute atomic E-state index is 0.0361. The van der Waals surface area contributed by atoms with Crippen LogP contribution in [0.25, 0.3) is 0 Å². The zero-order valence-corrected chi connectivity index (χ0v) is 12.9. The Kier molecular flexibility index (Phi) is 5.43. The maximum absolute atomic E-state index is 12.8. The van der Waals surface area contributed by atoms with Crippen LogP contribution >= 0.6 is 0 Å². The molecule has 1 unspecified atom stereocenters. The Balaban J connectivity index is 2.31. The Morgan fingerprint density at radius 1 is 1.42 bits per heavy atom. The van der Waals surface area contributed by atoms with Gasteiger partial charge in [0.1, 0.15) is 5.56 Å². The van der Waals surface area contributed by atoms with Gasteiger partial charge in [0.2, 0.25) is 0 Å². The second-order valence-corrected chi connectivity index (χ2v) is 5.47. The van der Waals surface area contributed by atoms with Gasteiger partial charge in [0.25, 0.3) is 5.56 Å². The molecule has 1 aliphatic carbocycles. The standard InChI is InChI=1S/C15H17F3N2O4/c1-2-24-14(23)11(20-9-4-3-5-9)12(21)8-6-10(15(16,17)18)13(22)19-7-8/h6-7,9,11,20H,2-5H2,1H3,(H,19,22). The van der Waals surface area contributed by atoms with Gasteiger partial charge >= 0.3 is 12.1 Å². The zero-order chi connectivity index (χ0) is 17.9. The number of nitrogens with one attached hydrogen (secondary N) is 2. The van der Waals surface area contributed by atoms with Gasteiger partial charge < -0.3 is 9.72 Å². The number of halogens is 3. The van der Waals surface area contributed by atoms with E-state index in [1.54, 1.807) is 6.92 Å². The molecule has 1 aromatic heterocycles. The van der Waals surface area contributed by atoms with Gasteiger partial charge in [-0.3, -0.25) is 14.9 Å². The molecule has 0 saturated heterocycles. The van der Waals surface area contributed by atoms with Crippen LogP contribution < -0.4 is 10.9 Å². The van der Waals surface area contributed by atoms with Gasteiger partial charge in [-0.1, -0.05) is 6.42 Å². The minimum Gasteiger partial charge on any atom is -0.464 e. The number of aromatic amines is 1. The molecule has 132 valence electrons. The van der Waals surface area contributed by atoms with Gasteiger partial charge in [0.05, 0.1) is 6.61 Å². The van der Waals surface area contributed by atoms with Crippen molar-refractivity contribution in [3.05, 3.63) is 33.7 Å². The Morgan fingerprint density at radius 3 is 2.58 bits per heavy atom. The predicted molar refractivity (Wildman–Crippen MR) is 77.6 cm³/mol. The van der Waals surface area contributed by atoms with Gasteiger partial charge in [-0.25, -0.2) is 4.79 Å². The summed E-state index contributed by atoms with van der Waals surface area (Å²) in [6.07, 6.45) is -1.55. The lowest BCUT2D eigenvalue weighted by atomic mass is 9.91. The third kappa shape index (κ3) is 4.02. The first-order valence-electron chi connectivity index (χ1n) is 7.51. The topological polar surface area (TPSA) is 88.3 Å². The van der Waals surface area contributed by atoms with E-state index in [1.807, 2.05) is 4.98 Å². The highest BCUT2D eigenvalue weighted by atomic mass is 19.4. The van der Waals surface area contributed by atoms with Crippen LogP contribution in [0.1, 0.15) is 42.1 Å². The average Bonchev–Trinajstić information content (AvgIpc) is 2.45. The number of ketones is 1. The smallest absolute Gasteiger partial charge is 0.421 e. The largest absolute Gasteiger partial charge is 0.464 e. The van der Waals surface area contributed by atoms with Crippen molar-refractivity contribution in [2.75, 3.05) is 6.61 Å². The molecule has 0 spiro atoms. The molecule has 0 bridgehead atoms. The molecule has 1 saturated carbocycles. The van der Waals surface area contributed by atoms with Crippen molar-refractivity contribution in [2.24, 2.45) is 0 Å². The van der Waals surface area contributed by atoms with E-state index in [0.29, 0.717) is 6.07 Å². The summed E-state index contributed by atoms with van der Waals surface area (Å²) in [6.45, 7) is 1.60. The zero-order valence-electron chi connectivity index (χ0n) is 12.9.